The summed E-state index contributed by atoms with van der Waals surface area (Å²) >= 11 is 4.09. The van der Waals surface area contributed by atoms with E-state index < -0.39 is 17.5 Å². The summed E-state index contributed by atoms with van der Waals surface area (Å²) in [6.07, 6.45) is 1.16. The van der Waals surface area contributed by atoms with E-state index in [-0.39, 0.29) is 17.0 Å². The fourth-order valence-electron chi connectivity index (χ4n) is 1.35. The summed E-state index contributed by atoms with van der Waals surface area (Å²) in [5.41, 5.74) is -0.479. The molecule has 0 heterocycles. The number of esters is 1. The Morgan fingerprint density at radius 1 is 1.11 bits per heavy atom. The molecule has 0 saturated carbocycles. The highest BCUT2D eigenvalue weighted by atomic mass is 32.1. The maximum absolute atomic E-state index is 12.0. The summed E-state index contributed by atoms with van der Waals surface area (Å²) in [4.78, 5) is 23.9. The van der Waals surface area contributed by atoms with E-state index in [1.165, 1.54) is 0 Å². The molecule has 0 aromatic rings. The molecule has 1 atom stereocenters. The summed E-state index contributed by atoms with van der Waals surface area (Å²) in [6, 6.07) is 0. The summed E-state index contributed by atoms with van der Waals surface area (Å²) < 4.78 is 5.24. The van der Waals surface area contributed by atoms with Crippen molar-refractivity contribution in [3.63, 3.8) is 0 Å². The Bertz CT molecular complexity index is 297. The van der Waals surface area contributed by atoms with Crippen LogP contribution >= 0.6 is 12.6 Å². The Morgan fingerprint density at radius 3 is 1.94 bits per heavy atom. The Hall–Kier alpha value is -0.510. The molecule has 0 aromatic carbocycles. The third-order valence-electron chi connectivity index (χ3n) is 2.38. The number of rotatable bonds is 5. The lowest BCUT2D eigenvalue weighted by Gasteiger charge is -2.23. The number of carbonyl (C=O) groups is 2. The second kappa shape index (κ2) is 6.60. The van der Waals surface area contributed by atoms with Gasteiger partial charge in [0.25, 0.3) is 0 Å². The van der Waals surface area contributed by atoms with Crippen LogP contribution in [0.2, 0.25) is 0 Å². The molecule has 0 spiro atoms. The molecule has 0 saturated heterocycles. The van der Waals surface area contributed by atoms with Gasteiger partial charge in [-0.2, -0.15) is 12.6 Å². The van der Waals surface area contributed by atoms with Crippen molar-refractivity contribution in [3.05, 3.63) is 0 Å². The molecule has 0 fully saturated rings. The number of thiol groups is 1. The molecule has 4 heteroatoms. The van der Waals surface area contributed by atoms with Gasteiger partial charge < -0.3 is 4.74 Å². The van der Waals surface area contributed by atoms with Crippen LogP contribution in [0.3, 0.4) is 0 Å². The Kier molecular flexibility index (Phi) is 6.41. The monoisotopic (exact) mass is 274 g/mol. The maximum atomic E-state index is 12.0. The number of Topliss-reactive ketones (excluding diaryl/α,β-unsaturated/α-hetero) is 1. The van der Waals surface area contributed by atoms with Crippen LogP contribution < -0.4 is 0 Å². The second-order valence-electron chi connectivity index (χ2n) is 6.80. The third kappa shape index (κ3) is 7.75. The number of ether oxygens (including phenoxy) is 1. The molecule has 0 N–H and O–H groups in total. The van der Waals surface area contributed by atoms with Crippen LogP contribution in [0.15, 0.2) is 0 Å². The van der Waals surface area contributed by atoms with Gasteiger partial charge in [0.2, 0.25) is 0 Å². The van der Waals surface area contributed by atoms with E-state index >= 15 is 0 Å². The highest BCUT2D eigenvalue weighted by Crippen LogP contribution is 2.23. The van der Waals surface area contributed by atoms with Crippen molar-refractivity contribution in [2.45, 2.75) is 60.0 Å². The first-order chi connectivity index (χ1) is 7.96. The third-order valence-corrected chi connectivity index (χ3v) is 2.75. The Morgan fingerprint density at radius 2 is 1.61 bits per heavy atom. The van der Waals surface area contributed by atoms with E-state index in [0.29, 0.717) is 6.42 Å². The molecule has 0 amide bonds. The van der Waals surface area contributed by atoms with Gasteiger partial charge in [-0.15, -0.1) is 0 Å². The summed E-state index contributed by atoms with van der Waals surface area (Å²) in [5.74, 6) is -1.07. The molecule has 18 heavy (non-hydrogen) atoms. The van der Waals surface area contributed by atoms with Gasteiger partial charge in [-0.05, 0) is 32.6 Å². The SMILES string of the molecule is CC(C)(C)CCC(=O)C(CS)C(=O)OC(C)(C)C. The Balaban J connectivity index is 4.49. The lowest BCUT2D eigenvalue weighted by atomic mass is 9.87. The molecule has 1 unspecified atom stereocenters. The lowest BCUT2D eigenvalue weighted by Crippen LogP contribution is -2.34. The number of ketones is 1. The normalized spacial score (nSPS) is 14.2. The molecule has 0 aliphatic heterocycles. The van der Waals surface area contributed by atoms with E-state index in [1.807, 2.05) is 0 Å². The summed E-state index contributed by atoms with van der Waals surface area (Å²) in [7, 11) is 0. The van der Waals surface area contributed by atoms with Gasteiger partial charge in [-0.3, -0.25) is 9.59 Å². The number of carbonyl (C=O) groups excluding carboxylic acids is 2. The van der Waals surface area contributed by atoms with Crippen LogP contribution in [0, 0.1) is 11.3 Å². The van der Waals surface area contributed by atoms with Crippen LogP contribution in [0.1, 0.15) is 54.4 Å². The lowest BCUT2D eigenvalue weighted by molar-refractivity contribution is -0.161. The second-order valence-corrected chi connectivity index (χ2v) is 7.16. The first-order valence-electron chi connectivity index (χ1n) is 6.33. The largest absolute Gasteiger partial charge is 0.459 e. The van der Waals surface area contributed by atoms with Crippen molar-refractivity contribution in [2.24, 2.45) is 11.3 Å². The summed E-state index contributed by atoms with van der Waals surface area (Å²) in [6.45, 7) is 11.6. The molecule has 3 nitrogen and oxygen atoms in total. The zero-order valence-electron chi connectivity index (χ0n) is 12.4. The average Bonchev–Trinajstić information content (AvgIpc) is 2.11. The van der Waals surface area contributed by atoms with Gasteiger partial charge in [0.15, 0.2) is 0 Å². The molecular formula is C14H26O3S. The van der Waals surface area contributed by atoms with Crippen LogP contribution in [-0.2, 0) is 14.3 Å². The standard InChI is InChI=1S/C14H26O3S/c1-13(2,3)8-7-11(15)10(9-18)12(16)17-14(4,5)6/h10,18H,7-9H2,1-6H3. The van der Waals surface area contributed by atoms with E-state index in [0.717, 1.165) is 6.42 Å². The highest BCUT2D eigenvalue weighted by Gasteiger charge is 2.30. The van der Waals surface area contributed by atoms with Gasteiger partial charge in [-0.25, -0.2) is 0 Å². The van der Waals surface area contributed by atoms with Crippen molar-refractivity contribution < 1.29 is 14.3 Å². The predicted molar refractivity (Wildman–Crippen MR) is 76.9 cm³/mol. The van der Waals surface area contributed by atoms with Crippen molar-refractivity contribution in [3.8, 4) is 0 Å². The minimum absolute atomic E-state index is 0.0748. The van der Waals surface area contributed by atoms with Gasteiger partial charge >= 0.3 is 5.97 Å². The molecule has 0 aromatic heterocycles. The van der Waals surface area contributed by atoms with Gasteiger partial charge in [0.1, 0.15) is 17.3 Å². The van der Waals surface area contributed by atoms with Crippen LogP contribution in [-0.4, -0.2) is 23.1 Å². The number of hydrogen-bond acceptors (Lipinski definition) is 4. The van der Waals surface area contributed by atoms with E-state index in [4.69, 9.17) is 4.74 Å². The minimum atomic E-state index is -0.741. The fourth-order valence-corrected chi connectivity index (χ4v) is 1.71. The van der Waals surface area contributed by atoms with Crippen molar-refractivity contribution >= 4 is 24.4 Å². The predicted octanol–water partition coefficient (Wildman–Crippen LogP) is 3.27. The fraction of sp³-hybridized carbons (Fsp3) is 0.857. The van der Waals surface area contributed by atoms with Crippen LogP contribution in [0.5, 0.6) is 0 Å². The van der Waals surface area contributed by atoms with E-state index in [1.54, 1.807) is 20.8 Å². The molecular weight excluding hydrogens is 248 g/mol. The molecule has 0 bridgehead atoms. The van der Waals surface area contributed by atoms with Crippen molar-refractivity contribution in [1.29, 1.82) is 0 Å². The van der Waals surface area contributed by atoms with Gasteiger partial charge in [0, 0.05) is 12.2 Å². The average molecular weight is 274 g/mol. The van der Waals surface area contributed by atoms with Crippen molar-refractivity contribution in [2.75, 3.05) is 5.75 Å². The molecule has 0 aliphatic carbocycles. The quantitative estimate of drug-likeness (QED) is 0.475. The van der Waals surface area contributed by atoms with E-state index in [9.17, 15) is 9.59 Å². The first-order valence-corrected chi connectivity index (χ1v) is 6.96. The van der Waals surface area contributed by atoms with Crippen molar-refractivity contribution in [1.82, 2.24) is 0 Å². The van der Waals surface area contributed by atoms with Gasteiger partial charge in [0.05, 0.1) is 0 Å². The first kappa shape index (κ1) is 17.5. The van der Waals surface area contributed by atoms with Crippen LogP contribution in [0.4, 0.5) is 0 Å². The molecule has 106 valence electrons. The molecule has 0 aliphatic rings. The zero-order chi connectivity index (χ0) is 14.6. The topological polar surface area (TPSA) is 43.4 Å². The smallest absolute Gasteiger partial charge is 0.317 e. The zero-order valence-corrected chi connectivity index (χ0v) is 13.3. The summed E-state index contributed by atoms with van der Waals surface area (Å²) in [5, 5.41) is 0. The number of hydrogen-bond donors (Lipinski definition) is 1. The van der Waals surface area contributed by atoms with Gasteiger partial charge in [-0.1, -0.05) is 20.8 Å². The molecule has 0 rings (SSSR count). The van der Waals surface area contributed by atoms with Crippen LogP contribution in [0.25, 0.3) is 0 Å². The Labute approximate surface area is 116 Å². The maximum Gasteiger partial charge on any atom is 0.317 e. The molecule has 0 radical (unpaired) electrons. The highest BCUT2D eigenvalue weighted by molar-refractivity contribution is 7.80. The van der Waals surface area contributed by atoms with E-state index in [2.05, 4.69) is 33.4 Å². The minimum Gasteiger partial charge on any atom is -0.459 e.